The molecule has 4 heteroatoms. The SMILES string of the molecule is COC1CCN(CCN=O)CC1. The van der Waals surface area contributed by atoms with Crippen LogP contribution in [0.15, 0.2) is 5.18 Å². The summed E-state index contributed by atoms with van der Waals surface area (Å²) in [7, 11) is 1.76. The van der Waals surface area contributed by atoms with Gasteiger partial charge in [0.2, 0.25) is 0 Å². The van der Waals surface area contributed by atoms with Crippen LogP contribution in [-0.4, -0.2) is 44.3 Å². The summed E-state index contributed by atoms with van der Waals surface area (Å²) in [4.78, 5) is 12.1. The average Bonchev–Trinajstić information content (AvgIpc) is 2.15. The summed E-state index contributed by atoms with van der Waals surface area (Å²) in [6.07, 6.45) is 2.58. The van der Waals surface area contributed by atoms with Crippen molar-refractivity contribution in [2.24, 2.45) is 5.18 Å². The van der Waals surface area contributed by atoms with Crippen molar-refractivity contribution >= 4 is 0 Å². The molecule has 0 bridgehead atoms. The van der Waals surface area contributed by atoms with E-state index in [4.69, 9.17) is 4.74 Å². The lowest BCUT2D eigenvalue weighted by Crippen LogP contribution is -2.37. The number of likely N-dealkylation sites (tertiary alicyclic amines) is 1. The minimum Gasteiger partial charge on any atom is -0.381 e. The fourth-order valence-electron chi connectivity index (χ4n) is 1.55. The molecule has 0 aromatic rings. The van der Waals surface area contributed by atoms with E-state index in [9.17, 15) is 4.91 Å². The Balaban J connectivity index is 2.12. The van der Waals surface area contributed by atoms with Crippen molar-refractivity contribution < 1.29 is 4.74 Å². The average molecular weight is 172 g/mol. The molecule has 1 aliphatic rings. The highest BCUT2D eigenvalue weighted by molar-refractivity contribution is 4.72. The van der Waals surface area contributed by atoms with E-state index in [1.165, 1.54) is 0 Å². The predicted octanol–water partition coefficient (Wildman–Crippen LogP) is 0.864. The largest absolute Gasteiger partial charge is 0.381 e. The number of piperidine rings is 1. The van der Waals surface area contributed by atoms with Crippen molar-refractivity contribution in [3.63, 3.8) is 0 Å². The molecule has 0 N–H and O–H groups in total. The molecule has 1 fully saturated rings. The van der Waals surface area contributed by atoms with Crippen molar-refractivity contribution in [2.75, 3.05) is 33.3 Å². The van der Waals surface area contributed by atoms with Gasteiger partial charge < -0.3 is 9.64 Å². The van der Waals surface area contributed by atoms with E-state index in [0.29, 0.717) is 12.6 Å². The Bertz CT molecular complexity index is 133. The highest BCUT2D eigenvalue weighted by Gasteiger charge is 2.17. The minimum atomic E-state index is 0.414. The number of ether oxygens (including phenoxy) is 1. The molecule has 0 atom stereocenters. The second kappa shape index (κ2) is 5.22. The Hall–Kier alpha value is -0.480. The molecule has 0 unspecified atom stereocenters. The molecule has 0 radical (unpaired) electrons. The van der Waals surface area contributed by atoms with Crippen LogP contribution < -0.4 is 0 Å². The smallest absolute Gasteiger partial charge is 0.0938 e. The van der Waals surface area contributed by atoms with Gasteiger partial charge in [0.1, 0.15) is 0 Å². The van der Waals surface area contributed by atoms with Crippen LogP contribution in [0.25, 0.3) is 0 Å². The second-order valence-corrected chi connectivity index (χ2v) is 3.13. The molecule has 1 saturated heterocycles. The van der Waals surface area contributed by atoms with Gasteiger partial charge in [0.05, 0.1) is 12.6 Å². The second-order valence-electron chi connectivity index (χ2n) is 3.13. The van der Waals surface area contributed by atoms with Gasteiger partial charge in [0.15, 0.2) is 0 Å². The lowest BCUT2D eigenvalue weighted by molar-refractivity contribution is 0.0421. The zero-order chi connectivity index (χ0) is 8.81. The van der Waals surface area contributed by atoms with E-state index < -0.39 is 0 Å². The Labute approximate surface area is 72.9 Å². The monoisotopic (exact) mass is 172 g/mol. The summed E-state index contributed by atoms with van der Waals surface area (Å²) in [5.74, 6) is 0. The van der Waals surface area contributed by atoms with Crippen molar-refractivity contribution in [1.29, 1.82) is 0 Å². The van der Waals surface area contributed by atoms with Gasteiger partial charge in [0, 0.05) is 26.7 Å². The van der Waals surface area contributed by atoms with Crippen LogP contribution in [0.1, 0.15) is 12.8 Å². The Morgan fingerprint density at radius 1 is 1.50 bits per heavy atom. The van der Waals surface area contributed by atoms with E-state index in [0.717, 1.165) is 32.5 Å². The summed E-state index contributed by atoms with van der Waals surface area (Å²) in [6.45, 7) is 3.29. The van der Waals surface area contributed by atoms with Crippen LogP contribution in [-0.2, 0) is 4.74 Å². The molecule has 1 aliphatic heterocycles. The Morgan fingerprint density at radius 3 is 2.67 bits per heavy atom. The molecule has 1 rings (SSSR count). The van der Waals surface area contributed by atoms with E-state index in [1.54, 1.807) is 7.11 Å². The molecule has 70 valence electrons. The summed E-state index contributed by atoms with van der Waals surface area (Å²) in [6, 6.07) is 0. The summed E-state index contributed by atoms with van der Waals surface area (Å²) < 4.78 is 5.23. The maximum atomic E-state index is 9.87. The van der Waals surface area contributed by atoms with Gasteiger partial charge >= 0.3 is 0 Å². The Morgan fingerprint density at radius 2 is 2.17 bits per heavy atom. The van der Waals surface area contributed by atoms with Gasteiger partial charge in [-0.05, 0) is 12.8 Å². The van der Waals surface area contributed by atoms with Crippen molar-refractivity contribution in [3.05, 3.63) is 4.91 Å². The molecule has 0 amide bonds. The van der Waals surface area contributed by atoms with Gasteiger partial charge in [-0.2, -0.15) is 4.91 Å². The first kappa shape index (κ1) is 9.61. The van der Waals surface area contributed by atoms with Crippen LogP contribution in [0.5, 0.6) is 0 Å². The fourth-order valence-corrected chi connectivity index (χ4v) is 1.55. The van der Waals surface area contributed by atoms with Gasteiger partial charge in [0.25, 0.3) is 0 Å². The topological polar surface area (TPSA) is 41.9 Å². The highest BCUT2D eigenvalue weighted by Crippen LogP contribution is 2.11. The summed E-state index contributed by atoms with van der Waals surface area (Å²) >= 11 is 0. The first-order valence-corrected chi connectivity index (χ1v) is 4.41. The number of hydrogen-bond acceptors (Lipinski definition) is 4. The molecule has 1 heterocycles. The zero-order valence-corrected chi connectivity index (χ0v) is 7.53. The molecular weight excluding hydrogens is 156 g/mol. The van der Waals surface area contributed by atoms with E-state index in [-0.39, 0.29) is 0 Å². The highest BCUT2D eigenvalue weighted by atomic mass is 16.5. The molecule has 4 nitrogen and oxygen atoms in total. The molecule has 0 saturated carbocycles. The molecule has 0 aromatic heterocycles. The quantitative estimate of drug-likeness (QED) is 0.591. The third kappa shape index (κ3) is 2.87. The number of rotatable bonds is 4. The van der Waals surface area contributed by atoms with Gasteiger partial charge in [-0.15, -0.1) is 0 Å². The standard InChI is InChI=1S/C8H16N2O2/c1-12-8-2-5-10(6-3-8)7-4-9-11/h8H,2-7H2,1H3. The van der Waals surface area contributed by atoms with Crippen LogP contribution >= 0.6 is 0 Å². The first-order chi connectivity index (χ1) is 5.86. The van der Waals surface area contributed by atoms with Crippen molar-refractivity contribution in [2.45, 2.75) is 18.9 Å². The maximum absolute atomic E-state index is 9.87. The third-order valence-electron chi connectivity index (χ3n) is 2.38. The maximum Gasteiger partial charge on any atom is 0.0938 e. The number of nitroso groups, excluding NO2 is 1. The number of hydrogen-bond donors (Lipinski definition) is 0. The first-order valence-electron chi connectivity index (χ1n) is 4.41. The van der Waals surface area contributed by atoms with E-state index in [2.05, 4.69) is 10.1 Å². The van der Waals surface area contributed by atoms with Crippen molar-refractivity contribution in [1.82, 2.24) is 4.90 Å². The lowest BCUT2D eigenvalue weighted by Gasteiger charge is -2.30. The van der Waals surface area contributed by atoms with Crippen LogP contribution in [0.3, 0.4) is 0 Å². The van der Waals surface area contributed by atoms with E-state index in [1.807, 2.05) is 0 Å². The summed E-state index contributed by atoms with van der Waals surface area (Å²) in [5.41, 5.74) is 0. The van der Waals surface area contributed by atoms with Crippen LogP contribution in [0.2, 0.25) is 0 Å². The van der Waals surface area contributed by atoms with Crippen LogP contribution in [0.4, 0.5) is 0 Å². The predicted molar refractivity (Wildman–Crippen MR) is 47.1 cm³/mol. The van der Waals surface area contributed by atoms with Crippen LogP contribution in [0, 0.1) is 4.91 Å². The third-order valence-corrected chi connectivity index (χ3v) is 2.38. The van der Waals surface area contributed by atoms with Crippen molar-refractivity contribution in [3.8, 4) is 0 Å². The normalized spacial score (nSPS) is 21.1. The molecule has 0 aromatic carbocycles. The lowest BCUT2D eigenvalue weighted by atomic mass is 10.1. The van der Waals surface area contributed by atoms with E-state index >= 15 is 0 Å². The van der Waals surface area contributed by atoms with Gasteiger partial charge in [-0.3, -0.25) is 0 Å². The van der Waals surface area contributed by atoms with Gasteiger partial charge in [-0.25, -0.2) is 0 Å². The zero-order valence-electron chi connectivity index (χ0n) is 7.53. The minimum absolute atomic E-state index is 0.414. The molecule has 0 spiro atoms. The number of methoxy groups -OCH3 is 1. The molecular formula is C8H16N2O2. The summed E-state index contributed by atoms with van der Waals surface area (Å²) in [5, 5.41) is 2.85. The molecule has 0 aliphatic carbocycles. The fraction of sp³-hybridized carbons (Fsp3) is 1.00. The van der Waals surface area contributed by atoms with Gasteiger partial charge in [-0.1, -0.05) is 5.18 Å². The Kier molecular flexibility index (Phi) is 4.18. The number of nitrogens with zero attached hydrogens (tertiary/aromatic N) is 2. The molecule has 12 heavy (non-hydrogen) atoms.